The molecular formula is C19H31IN6O2S. The van der Waals surface area contributed by atoms with Crippen LogP contribution in [0.25, 0.3) is 0 Å². The molecule has 0 aromatic carbocycles. The molecule has 1 aliphatic heterocycles. The molecule has 3 heterocycles. The number of morpholine rings is 1. The highest BCUT2D eigenvalue weighted by atomic mass is 127. The van der Waals surface area contributed by atoms with Crippen LogP contribution in [-0.2, 0) is 11.2 Å². The third-order valence-corrected chi connectivity index (χ3v) is 5.65. The molecule has 1 unspecified atom stereocenters. The summed E-state index contributed by atoms with van der Waals surface area (Å²) in [5.41, 5.74) is 0. The van der Waals surface area contributed by atoms with E-state index in [0.29, 0.717) is 24.9 Å². The first-order chi connectivity index (χ1) is 13.7. The minimum Gasteiger partial charge on any atom is -0.379 e. The number of guanidine groups is 1. The second-order valence-corrected chi connectivity index (χ2v) is 7.99. The lowest BCUT2D eigenvalue weighted by atomic mass is 10.2. The number of aliphatic imine (C=N–C) groups is 1. The lowest BCUT2D eigenvalue weighted by Gasteiger charge is -2.34. The molecule has 29 heavy (non-hydrogen) atoms. The minimum atomic E-state index is 0. The van der Waals surface area contributed by atoms with E-state index in [9.17, 15) is 0 Å². The number of ether oxygens (including phenoxy) is 1. The van der Waals surface area contributed by atoms with Crippen LogP contribution in [0.5, 0.6) is 0 Å². The van der Waals surface area contributed by atoms with E-state index < -0.39 is 0 Å². The van der Waals surface area contributed by atoms with Gasteiger partial charge in [-0.3, -0.25) is 9.89 Å². The molecule has 2 aromatic rings. The van der Waals surface area contributed by atoms with Gasteiger partial charge in [-0.05, 0) is 11.4 Å². The fraction of sp³-hybridized carbons (Fsp3) is 0.632. The maximum atomic E-state index is 5.51. The number of thiophene rings is 1. The van der Waals surface area contributed by atoms with Crippen LogP contribution >= 0.6 is 35.3 Å². The summed E-state index contributed by atoms with van der Waals surface area (Å²) < 4.78 is 10.8. The van der Waals surface area contributed by atoms with E-state index in [1.165, 1.54) is 4.88 Å². The van der Waals surface area contributed by atoms with Crippen LogP contribution in [0.1, 0.15) is 42.4 Å². The van der Waals surface area contributed by atoms with Gasteiger partial charge in [-0.2, -0.15) is 4.98 Å². The van der Waals surface area contributed by atoms with Gasteiger partial charge >= 0.3 is 0 Å². The Labute approximate surface area is 193 Å². The largest absolute Gasteiger partial charge is 0.379 e. The summed E-state index contributed by atoms with van der Waals surface area (Å²) in [6, 6.07) is 4.62. The van der Waals surface area contributed by atoms with Gasteiger partial charge in [0.25, 0.3) is 0 Å². The summed E-state index contributed by atoms with van der Waals surface area (Å²) in [7, 11) is 1.79. The molecule has 1 fully saturated rings. The summed E-state index contributed by atoms with van der Waals surface area (Å²) in [5.74, 6) is 2.45. The van der Waals surface area contributed by atoms with E-state index in [1.54, 1.807) is 18.4 Å². The van der Waals surface area contributed by atoms with Crippen LogP contribution in [0.15, 0.2) is 27.0 Å². The lowest BCUT2D eigenvalue weighted by Crippen LogP contribution is -2.46. The first-order valence-electron chi connectivity index (χ1n) is 9.79. The summed E-state index contributed by atoms with van der Waals surface area (Å²) in [6.45, 7) is 9.05. The highest BCUT2D eigenvalue weighted by Crippen LogP contribution is 2.25. The van der Waals surface area contributed by atoms with Crippen LogP contribution in [0.4, 0.5) is 0 Å². The van der Waals surface area contributed by atoms with Crippen molar-refractivity contribution in [2.24, 2.45) is 4.99 Å². The normalized spacial score (nSPS) is 16.5. The predicted octanol–water partition coefficient (Wildman–Crippen LogP) is 2.65. The van der Waals surface area contributed by atoms with Crippen molar-refractivity contribution in [3.05, 3.63) is 34.1 Å². The van der Waals surface area contributed by atoms with Crippen molar-refractivity contribution in [2.75, 3.05) is 46.4 Å². The maximum absolute atomic E-state index is 5.51. The maximum Gasteiger partial charge on any atom is 0.228 e. The predicted molar refractivity (Wildman–Crippen MR) is 126 cm³/mol. The molecule has 0 radical (unpaired) electrons. The highest BCUT2D eigenvalue weighted by molar-refractivity contribution is 14.0. The zero-order valence-electron chi connectivity index (χ0n) is 17.3. The molecular weight excluding hydrogens is 503 g/mol. The van der Waals surface area contributed by atoms with Crippen molar-refractivity contribution in [1.82, 2.24) is 25.7 Å². The van der Waals surface area contributed by atoms with Crippen LogP contribution in [0.2, 0.25) is 0 Å². The highest BCUT2D eigenvalue weighted by Gasteiger charge is 2.23. The number of hydrogen-bond acceptors (Lipinski definition) is 7. The molecule has 1 aliphatic rings. The van der Waals surface area contributed by atoms with Crippen molar-refractivity contribution in [1.29, 1.82) is 0 Å². The molecule has 1 atom stereocenters. The first-order valence-corrected chi connectivity index (χ1v) is 10.7. The van der Waals surface area contributed by atoms with Crippen molar-refractivity contribution in [2.45, 2.75) is 32.2 Å². The van der Waals surface area contributed by atoms with E-state index in [1.807, 2.05) is 0 Å². The smallest absolute Gasteiger partial charge is 0.228 e. The SMILES string of the molecule is CN=C(NCCc1nc(C(C)C)no1)NCC(c1cccs1)N1CCOCC1.I. The Hall–Kier alpha value is -1.24. The molecule has 1 saturated heterocycles. The third kappa shape index (κ3) is 7.19. The van der Waals surface area contributed by atoms with E-state index in [2.05, 4.69) is 62.0 Å². The first kappa shape index (κ1) is 24.0. The van der Waals surface area contributed by atoms with Gasteiger partial charge in [0.1, 0.15) is 0 Å². The summed E-state index contributed by atoms with van der Waals surface area (Å²) in [4.78, 5) is 12.6. The van der Waals surface area contributed by atoms with E-state index >= 15 is 0 Å². The van der Waals surface area contributed by atoms with Gasteiger partial charge in [0.05, 0.1) is 19.3 Å². The van der Waals surface area contributed by atoms with Crippen LogP contribution in [-0.4, -0.2) is 67.4 Å². The van der Waals surface area contributed by atoms with E-state index in [4.69, 9.17) is 9.26 Å². The number of hydrogen-bond donors (Lipinski definition) is 2. The van der Waals surface area contributed by atoms with Crippen molar-refractivity contribution in [3.63, 3.8) is 0 Å². The standard InChI is InChI=1S/C19H30N6O2S.HI/c1-14(2)18-23-17(27-24-18)6-7-21-19(20-3)22-13-15(16-5-4-12-28-16)25-8-10-26-11-9-25;/h4-5,12,14-15H,6-11,13H2,1-3H3,(H2,20,21,22);1H. The summed E-state index contributed by atoms with van der Waals surface area (Å²) in [5, 5.41) is 12.9. The Kier molecular flexibility index (Phi) is 10.3. The van der Waals surface area contributed by atoms with Gasteiger partial charge in [-0.15, -0.1) is 35.3 Å². The topological polar surface area (TPSA) is 87.8 Å². The van der Waals surface area contributed by atoms with Gasteiger partial charge < -0.3 is 19.9 Å². The van der Waals surface area contributed by atoms with Gasteiger partial charge in [-0.1, -0.05) is 25.1 Å². The molecule has 0 saturated carbocycles. The Morgan fingerprint density at radius 2 is 2.10 bits per heavy atom. The third-order valence-electron chi connectivity index (χ3n) is 4.68. The number of rotatable bonds is 8. The molecule has 0 spiro atoms. The number of nitrogens with one attached hydrogen (secondary N) is 2. The van der Waals surface area contributed by atoms with Crippen molar-refractivity contribution in [3.8, 4) is 0 Å². The molecule has 2 aromatic heterocycles. The van der Waals surface area contributed by atoms with E-state index in [-0.39, 0.29) is 29.9 Å². The lowest BCUT2D eigenvalue weighted by molar-refractivity contribution is 0.0177. The number of halogens is 1. The molecule has 0 amide bonds. The molecule has 8 nitrogen and oxygen atoms in total. The van der Waals surface area contributed by atoms with Crippen molar-refractivity contribution >= 4 is 41.3 Å². The number of aromatic nitrogens is 2. The monoisotopic (exact) mass is 534 g/mol. The Morgan fingerprint density at radius 3 is 2.72 bits per heavy atom. The summed E-state index contributed by atoms with van der Waals surface area (Å²) >= 11 is 1.79. The molecule has 0 bridgehead atoms. The van der Waals surface area contributed by atoms with Gasteiger partial charge in [0, 0.05) is 50.4 Å². The second kappa shape index (κ2) is 12.5. The minimum absolute atomic E-state index is 0. The van der Waals surface area contributed by atoms with Gasteiger partial charge in [-0.25, -0.2) is 0 Å². The quantitative estimate of drug-likeness (QED) is 0.306. The average Bonchev–Trinajstić information content (AvgIpc) is 3.40. The van der Waals surface area contributed by atoms with E-state index in [0.717, 1.165) is 44.6 Å². The Balaban J connectivity index is 0.00000300. The molecule has 2 N–H and O–H groups in total. The van der Waals surface area contributed by atoms with Crippen LogP contribution < -0.4 is 10.6 Å². The number of nitrogens with zero attached hydrogens (tertiary/aromatic N) is 4. The zero-order chi connectivity index (χ0) is 19.8. The van der Waals surface area contributed by atoms with Crippen molar-refractivity contribution < 1.29 is 9.26 Å². The van der Waals surface area contributed by atoms with Gasteiger partial charge in [0.15, 0.2) is 11.8 Å². The van der Waals surface area contributed by atoms with Gasteiger partial charge in [0.2, 0.25) is 5.89 Å². The fourth-order valence-electron chi connectivity index (χ4n) is 3.09. The summed E-state index contributed by atoms with van der Waals surface area (Å²) in [6.07, 6.45) is 0.665. The Bertz CT molecular complexity index is 731. The van der Waals surface area contributed by atoms with Crippen LogP contribution in [0.3, 0.4) is 0 Å². The Morgan fingerprint density at radius 1 is 1.31 bits per heavy atom. The second-order valence-electron chi connectivity index (χ2n) is 7.01. The molecule has 162 valence electrons. The molecule has 3 rings (SSSR count). The molecule has 10 heteroatoms. The molecule has 0 aliphatic carbocycles. The van der Waals surface area contributed by atoms with Crippen LogP contribution in [0, 0.1) is 0 Å². The fourth-order valence-corrected chi connectivity index (χ4v) is 3.95. The average molecular weight is 534 g/mol. The zero-order valence-corrected chi connectivity index (χ0v) is 20.4.